The van der Waals surface area contributed by atoms with Crippen LogP contribution in [0.1, 0.15) is 42.6 Å². The Morgan fingerprint density at radius 3 is 2.17 bits per heavy atom. The Labute approximate surface area is 178 Å². The SMILES string of the molecule is CC(C)(Cc1ccccc1)N(C(=O)c1ccc(Br)cc1)[C@@H](CCC(N)=O)C(=O)O. The summed E-state index contributed by atoms with van der Waals surface area (Å²) in [5.74, 6) is -2.18. The van der Waals surface area contributed by atoms with Gasteiger partial charge in [-0.25, -0.2) is 4.79 Å². The molecule has 6 nitrogen and oxygen atoms in total. The summed E-state index contributed by atoms with van der Waals surface area (Å²) in [6.45, 7) is 3.66. The summed E-state index contributed by atoms with van der Waals surface area (Å²) in [6, 6.07) is 15.1. The van der Waals surface area contributed by atoms with Crippen LogP contribution in [-0.4, -0.2) is 39.4 Å². The molecule has 7 heteroatoms. The third-order valence-corrected chi connectivity index (χ3v) is 5.23. The van der Waals surface area contributed by atoms with E-state index in [1.165, 1.54) is 4.90 Å². The number of carbonyl (C=O) groups is 3. The Morgan fingerprint density at radius 1 is 1.07 bits per heavy atom. The van der Waals surface area contributed by atoms with E-state index in [1.807, 2.05) is 44.2 Å². The number of aliphatic carboxylic acids is 1. The van der Waals surface area contributed by atoms with Crippen LogP contribution < -0.4 is 5.73 Å². The molecule has 2 rings (SSSR count). The number of nitrogens with zero attached hydrogens (tertiary/aromatic N) is 1. The molecule has 0 saturated heterocycles. The van der Waals surface area contributed by atoms with E-state index in [2.05, 4.69) is 15.9 Å². The largest absolute Gasteiger partial charge is 0.480 e. The summed E-state index contributed by atoms with van der Waals surface area (Å²) in [5, 5.41) is 9.87. The number of benzene rings is 2. The first-order chi connectivity index (χ1) is 13.6. The lowest BCUT2D eigenvalue weighted by molar-refractivity contribution is -0.144. The van der Waals surface area contributed by atoms with Crippen LogP contribution in [0.2, 0.25) is 0 Å². The molecule has 2 aromatic rings. The summed E-state index contributed by atoms with van der Waals surface area (Å²) in [4.78, 5) is 38.2. The predicted octanol–water partition coefficient (Wildman–Crippen LogP) is 3.63. The number of hydrogen-bond acceptors (Lipinski definition) is 3. The second-order valence-corrected chi connectivity index (χ2v) is 8.43. The molecule has 0 aliphatic carbocycles. The van der Waals surface area contributed by atoms with Crippen LogP contribution >= 0.6 is 15.9 Å². The lowest BCUT2D eigenvalue weighted by Gasteiger charge is -2.42. The number of hydrogen-bond donors (Lipinski definition) is 2. The highest BCUT2D eigenvalue weighted by atomic mass is 79.9. The summed E-state index contributed by atoms with van der Waals surface area (Å²) >= 11 is 3.34. The van der Waals surface area contributed by atoms with Crippen molar-refractivity contribution in [1.82, 2.24) is 4.90 Å². The van der Waals surface area contributed by atoms with Gasteiger partial charge in [-0.3, -0.25) is 9.59 Å². The van der Waals surface area contributed by atoms with Gasteiger partial charge in [0.2, 0.25) is 5.91 Å². The summed E-state index contributed by atoms with van der Waals surface area (Å²) in [6.07, 6.45) is 0.282. The van der Waals surface area contributed by atoms with E-state index in [1.54, 1.807) is 24.3 Å². The second kappa shape index (κ2) is 9.69. The van der Waals surface area contributed by atoms with Crippen LogP contribution in [0.3, 0.4) is 0 Å². The van der Waals surface area contributed by atoms with Gasteiger partial charge in [-0.1, -0.05) is 46.3 Å². The zero-order valence-electron chi connectivity index (χ0n) is 16.5. The number of nitrogens with two attached hydrogens (primary N) is 1. The van der Waals surface area contributed by atoms with Gasteiger partial charge in [0.25, 0.3) is 5.91 Å². The van der Waals surface area contributed by atoms with Crippen molar-refractivity contribution in [2.75, 3.05) is 0 Å². The minimum Gasteiger partial charge on any atom is -0.480 e. The van der Waals surface area contributed by atoms with Crippen LogP contribution in [0.15, 0.2) is 59.1 Å². The van der Waals surface area contributed by atoms with Crippen molar-refractivity contribution in [2.24, 2.45) is 5.73 Å². The zero-order chi connectivity index (χ0) is 21.6. The van der Waals surface area contributed by atoms with E-state index >= 15 is 0 Å². The number of carbonyl (C=O) groups excluding carboxylic acids is 2. The third-order valence-electron chi connectivity index (χ3n) is 4.70. The Hall–Kier alpha value is -2.67. The standard InChI is InChI=1S/C22H25BrN2O4/c1-22(2,14-15-6-4-3-5-7-15)25(18(21(28)29)12-13-19(24)26)20(27)16-8-10-17(23)11-9-16/h3-11,18H,12-14H2,1-2H3,(H2,24,26)(H,28,29)/t18-/m0/s1. The van der Waals surface area contributed by atoms with E-state index in [0.29, 0.717) is 12.0 Å². The summed E-state index contributed by atoms with van der Waals surface area (Å²) in [7, 11) is 0. The summed E-state index contributed by atoms with van der Waals surface area (Å²) < 4.78 is 0.813. The van der Waals surface area contributed by atoms with Crippen LogP contribution in [-0.2, 0) is 16.0 Å². The topological polar surface area (TPSA) is 101 Å². The Balaban J connectivity index is 2.47. The minimum atomic E-state index is -1.18. The molecule has 0 radical (unpaired) electrons. The fourth-order valence-electron chi connectivity index (χ4n) is 3.39. The molecule has 0 bridgehead atoms. The van der Waals surface area contributed by atoms with Gasteiger partial charge in [0.05, 0.1) is 0 Å². The van der Waals surface area contributed by atoms with E-state index in [0.717, 1.165) is 10.0 Å². The second-order valence-electron chi connectivity index (χ2n) is 7.52. The molecule has 2 amide bonds. The van der Waals surface area contributed by atoms with Crippen LogP contribution in [0.25, 0.3) is 0 Å². The molecule has 0 fully saturated rings. The number of amides is 2. The quantitative estimate of drug-likeness (QED) is 0.596. The first-order valence-corrected chi connectivity index (χ1v) is 10.1. The molecule has 0 aromatic heterocycles. The fraction of sp³-hybridized carbons (Fsp3) is 0.318. The van der Waals surface area contributed by atoms with Gasteiger partial charge >= 0.3 is 5.97 Å². The van der Waals surface area contributed by atoms with Crippen LogP contribution in [0, 0.1) is 0 Å². The number of halogens is 1. The lowest BCUT2D eigenvalue weighted by atomic mass is 9.89. The molecule has 154 valence electrons. The van der Waals surface area contributed by atoms with E-state index < -0.39 is 29.4 Å². The molecule has 0 spiro atoms. The van der Waals surface area contributed by atoms with Crippen molar-refractivity contribution in [2.45, 2.75) is 44.7 Å². The van der Waals surface area contributed by atoms with Crippen molar-refractivity contribution in [3.8, 4) is 0 Å². The van der Waals surface area contributed by atoms with Gasteiger partial charge in [0, 0.05) is 22.0 Å². The van der Waals surface area contributed by atoms with Crippen molar-refractivity contribution in [3.63, 3.8) is 0 Å². The van der Waals surface area contributed by atoms with Crippen molar-refractivity contribution in [1.29, 1.82) is 0 Å². The average Bonchev–Trinajstić information content (AvgIpc) is 2.65. The Kier molecular flexibility index (Phi) is 7.56. The molecule has 3 N–H and O–H groups in total. The number of carboxylic acid groups (broad SMARTS) is 1. The van der Waals surface area contributed by atoms with E-state index in [9.17, 15) is 19.5 Å². The number of rotatable bonds is 9. The monoisotopic (exact) mass is 460 g/mol. The third kappa shape index (κ3) is 6.15. The molecule has 0 saturated carbocycles. The van der Waals surface area contributed by atoms with Crippen LogP contribution in [0.5, 0.6) is 0 Å². The van der Waals surface area contributed by atoms with Gasteiger partial charge in [0.15, 0.2) is 0 Å². The normalized spacial score (nSPS) is 12.2. The zero-order valence-corrected chi connectivity index (χ0v) is 18.1. The predicted molar refractivity (Wildman–Crippen MR) is 114 cm³/mol. The smallest absolute Gasteiger partial charge is 0.326 e. The number of carboxylic acids is 1. The highest BCUT2D eigenvalue weighted by Crippen LogP contribution is 2.28. The highest BCUT2D eigenvalue weighted by molar-refractivity contribution is 9.10. The molecule has 2 aromatic carbocycles. The molecular formula is C22H25BrN2O4. The fourth-order valence-corrected chi connectivity index (χ4v) is 3.66. The summed E-state index contributed by atoms with van der Waals surface area (Å²) in [5.41, 5.74) is 5.76. The van der Waals surface area contributed by atoms with Gasteiger partial charge in [-0.2, -0.15) is 0 Å². The van der Waals surface area contributed by atoms with Gasteiger partial charge < -0.3 is 15.7 Å². The van der Waals surface area contributed by atoms with Crippen molar-refractivity contribution < 1.29 is 19.5 Å². The minimum absolute atomic E-state index is 0.0504. The first-order valence-electron chi connectivity index (χ1n) is 9.26. The average molecular weight is 461 g/mol. The maximum absolute atomic E-state index is 13.4. The molecule has 0 aliphatic heterocycles. The molecule has 29 heavy (non-hydrogen) atoms. The van der Waals surface area contributed by atoms with Crippen molar-refractivity contribution >= 4 is 33.7 Å². The molecule has 0 heterocycles. The molecule has 0 aliphatic rings. The van der Waals surface area contributed by atoms with Crippen LogP contribution in [0.4, 0.5) is 0 Å². The van der Waals surface area contributed by atoms with Crippen molar-refractivity contribution in [3.05, 3.63) is 70.2 Å². The van der Waals surface area contributed by atoms with Gasteiger partial charge in [-0.05, 0) is 56.5 Å². The molecule has 0 unspecified atom stereocenters. The molecule has 1 atom stereocenters. The Bertz CT molecular complexity index is 866. The Morgan fingerprint density at radius 2 is 1.66 bits per heavy atom. The highest BCUT2D eigenvalue weighted by Gasteiger charge is 2.40. The van der Waals surface area contributed by atoms with Gasteiger partial charge in [0.1, 0.15) is 6.04 Å². The molecular weight excluding hydrogens is 436 g/mol. The van der Waals surface area contributed by atoms with Gasteiger partial charge in [-0.15, -0.1) is 0 Å². The first kappa shape index (κ1) is 22.6. The maximum atomic E-state index is 13.4. The van der Waals surface area contributed by atoms with E-state index in [-0.39, 0.29) is 12.8 Å². The van der Waals surface area contributed by atoms with E-state index in [4.69, 9.17) is 5.73 Å². The number of primary amides is 1. The maximum Gasteiger partial charge on any atom is 0.326 e. The lowest BCUT2D eigenvalue weighted by Crippen LogP contribution is -2.57.